The molecule has 0 aliphatic carbocycles. The number of piperazine rings is 1. The fraction of sp³-hybridized carbons (Fsp3) is 0.217. The third-order valence-electron chi connectivity index (χ3n) is 5.15. The number of nitrogens with two attached hydrogens (primary N) is 1. The van der Waals surface area contributed by atoms with Gasteiger partial charge >= 0.3 is 0 Å². The van der Waals surface area contributed by atoms with Gasteiger partial charge in [-0.1, -0.05) is 23.7 Å². The van der Waals surface area contributed by atoms with Crippen LogP contribution < -0.4 is 16.0 Å². The zero-order valence-corrected chi connectivity index (χ0v) is 17.8. The maximum absolute atomic E-state index is 12.1. The van der Waals surface area contributed by atoms with Crippen molar-refractivity contribution < 1.29 is 9.21 Å². The SMILES string of the molecule is NC(=NCc1cccc(NC(=O)c2ccco2)c1)N1CCN(c2ccc(Cl)cc2)CC1. The van der Waals surface area contributed by atoms with Crippen LogP contribution >= 0.6 is 11.6 Å². The molecule has 3 aromatic rings. The number of guanidine groups is 1. The lowest BCUT2D eigenvalue weighted by molar-refractivity contribution is 0.0996. The summed E-state index contributed by atoms with van der Waals surface area (Å²) in [6, 6.07) is 18.7. The van der Waals surface area contributed by atoms with Crippen LogP contribution in [0.25, 0.3) is 0 Å². The maximum atomic E-state index is 12.1. The van der Waals surface area contributed by atoms with Gasteiger partial charge in [0, 0.05) is 42.6 Å². The van der Waals surface area contributed by atoms with Crippen LogP contribution in [-0.4, -0.2) is 42.9 Å². The van der Waals surface area contributed by atoms with Crippen molar-refractivity contribution in [1.29, 1.82) is 0 Å². The Bertz CT molecular complexity index is 1040. The number of hydrogen-bond acceptors (Lipinski definition) is 4. The Morgan fingerprint density at radius 2 is 1.84 bits per heavy atom. The van der Waals surface area contributed by atoms with Crippen molar-refractivity contribution >= 4 is 34.8 Å². The third kappa shape index (κ3) is 5.38. The molecule has 7 nitrogen and oxygen atoms in total. The van der Waals surface area contributed by atoms with Crippen LogP contribution in [0.15, 0.2) is 76.3 Å². The van der Waals surface area contributed by atoms with E-state index >= 15 is 0 Å². The highest BCUT2D eigenvalue weighted by Crippen LogP contribution is 2.19. The van der Waals surface area contributed by atoms with E-state index in [9.17, 15) is 4.79 Å². The number of rotatable bonds is 5. The van der Waals surface area contributed by atoms with Gasteiger partial charge in [0.05, 0.1) is 12.8 Å². The molecule has 2 heterocycles. The van der Waals surface area contributed by atoms with E-state index in [4.69, 9.17) is 21.8 Å². The molecule has 1 fully saturated rings. The minimum Gasteiger partial charge on any atom is -0.459 e. The van der Waals surface area contributed by atoms with E-state index in [1.165, 1.54) is 6.26 Å². The lowest BCUT2D eigenvalue weighted by Gasteiger charge is -2.36. The standard InChI is InChI=1S/C23H24ClN5O2/c24-18-6-8-20(9-7-18)28-10-12-29(13-11-28)23(25)26-16-17-3-1-4-19(15-17)27-22(30)21-5-2-14-31-21/h1-9,14-15H,10-13,16H2,(H2,25,26)(H,27,30). The fourth-order valence-corrected chi connectivity index (χ4v) is 3.59. The first kappa shape index (κ1) is 20.8. The van der Waals surface area contributed by atoms with Crippen molar-refractivity contribution in [2.75, 3.05) is 36.4 Å². The molecule has 1 aromatic heterocycles. The summed E-state index contributed by atoms with van der Waals surface area (Å²) < 4.78 is 5.12. The summed E-state index contributed by atoms with van der Waals surface area (Å²) in [5.74, 6) is 0.509. The largest absolute Gasteiger partial charge is 0.459 e. The highest BCUT2D eigenvalue weighted by Gasteiger charge is 2.18. The van der Waals surface area contributed by atoms with Gasteiger partial charge in [-0.05, 0) is 54.1 Å². The summed E-state index contributed by atoms with van der Waals surface area (Å²) in [5, 5.41) is 3.56. The molecule has 1 aliphatic heterocycles. The number of halogens is 1. The molecule has 3 N–H and O–H groups in total. The van der Waals surface area contributed by atoms with Crippen molar-refractivity contribution in [1.82, 2.24) is 4.90 Å². The summed E-state index contributed by atoms with van der Waals surface area (Å²) in [4.78, 5) is 21.1. The number of furan rings is 1. The Balaban J connectivity index is 1.31. The quantitative estimate of drug-likeness (QED) is 0.468. The summed E-state index contributed by atoms with van der Waals surface area (Å²) in [6.45, 7) is 3.78. The van der Waals surface area contributed by atoms with Gasteiger partial charge in [-0.3, -0.25) is 4.79 Å². The van der Waals surface area contributed by atoms with Crippen LogP contribution in [0.1, 0.15) is 16.1 Å². The molecule has 31 heavy (non-hydrogen) atoms. The highest BCUT2D eigenvalue weighted by molar-refractivity contribution is 6.30. The lowest BCUT2D eigenvalue weighted by Crippen LogP contribution is -2.51. The van der Waals surface area contributed by atoms with Crippen molar-refractivity contribution in [3.8, 4) is 0 Å². The first-order valence-corrected chi connectivity index (χ1v) is 10.5. The van der Waals surface area contributed by atoms with Crippen LogP contribution in [0.3, 0.4) is 0 Å². The van der Waals surface area contributed by atoms with Crippen LogP contribution in [0.5, 0.6) is 0 Å². The number of carbonyl (C=O) groups excluding carboxylic acids is 1. The number of aliphatic imine (C=N–C) groups is 1. The third-order valence-corrected chi connectivity index (χ3v) is 5.40. The highest BCUT2D eigenvalue weighted by atomic mass is 35.5. The van der Waals surface area contributed by atoms with Gasteiger partial charge in [0.1, 0.15) is 0 Å². The van der Waals surface area contributed by atoms with Gasteiger partial charge in [-0.2, -0.15) is 0 Å². The van der Waals surface area contributed by atoms with Crippen LogP contribution in [0, 0.1) is 0 Å². The van der Waals surface area contributed by atoms with Crippen molar-refractivity contribution in [2.45, 2.75) is 6.54 Å². The molecule has 0 atom stereocenters. The summed E-state index contributed by atoms with van der Waals surface area (Å²) >= 11 is 5.97. The molecule has 0 saturated carbocycles. The van der Waals surface area contributed by atoms with Gasteiger partial charge in [-0.25, -0.2) is 4.99 Å². The van der Waals surface area contributed by atoms with Crippen molar-refractivity contribution in [2.24, 2.45) is 10.7 Å². The molecule has 0 spiro atoms. The predicted molar refractivity (Wildman–Crippen MR) is 124 cm³/mol. The van der Waals surface area contributed by atoms with Gasteiger partial charge in [-0.15, -0.1) is 0 Å². The average molecular weight is 438 g/mol. The second-order valence-electron chi connectivity index (χ2n) is 7.26. The van der Waals surface area contributed by atoms with Crippen molar-refractivity contribution in [3.05, 3.63) is 83.3 Å². The molecule has 0 unspecified atom stereocenters. The Morgan fingerprint density at radius 3 is 2.55 bits per heavy atom. The van der Waals surface area contributed by atoms with Crippen LogP contribution in [0.2, 0.25) is 5.02 Å². The number of carbonyl (C=O) groups is 1. The molecule has 1 aliphatic rings. The van der Waals surface area contributed by atoms with Crippen molar-refractivity contribution in [3.63, 3.8) is 0 Å². The van der Waals surface area contributed by atoms with E-state index in [-0.39, 0.29) is 11.7 Å². The Labute approximate surface area is 186 Å². The average Bonchev–Trinajstić information content (AvgIpc) is 3.34. The summed E-state index contributed by atoms with van der Waals surface area (Å²) in [5.41, 5.74) is 9.04. The van der Waals surface area contributed by atoms with E-state index in [0.29, 0.717) is 18.2 Å². The summed E-state index contributed by atoms with van der Waals surface area (Å²) in [6.07, 6.45) is 1.47. The summed E-state index contributed by atoms with van der Waals surface area (Å²) in [7, 11) is 0. The smallest absolute Gasteiger partial charge is 0.291 e. The molecule has 1 saturated heterocycles. The molecule has 8 heteroatoms. The number of benzene rings is 2. The number of amides is 1. The molecule has 2 aromatic carbocycles. The number of hydrogen-bond donors (Lipinski definition) is 2. The Kier molecular flexibility index (Phi) is 6.43. The first-order chi connectivity index (χ1) is 15.1. The molecule has 4 rings (SSSR count). The minimum absolute atomic E-state index is 0.269. The van der Waals surface area contributed by atoms with Gasteiger partial charge in [0.25, 0.3) is 5.91 Å². The first-order valence-electron chi connectivity index (χ1n) is 10.1. The molecular weight excluding hydrogens is 414 g/mol. The monoisotopic (exact) mass is 437 g/mol. The van der Waals surface area contributed by atoms with E-state index in [0.717, 1.165) is 42.5 Å². The molecule has 1 amide bonds. The minimum atomic E-state index is -0.288. The van der Waals surface area contributed by atoms with E-state index in [1.807, 2.05) is 48.5 Å². The second kappa shape index (κ2) is 9.57. The zero-order valence-electron chi connectivity index (χ0n) is 17.0. The number of anilines is 2. The molecule has 0 bridgehead atoms. The number of nitrogens with zero attached hydrogens (tertiary/aromatic N) is 3. The van der Waals surface area contributed by atoms with E-state index in [1.54, 1.807) is 12.1 Å². The normalized spacial score (nSPS) is 14.5. The topological polar surface area (TPSA) is 87.1 Å². The molecule has 0 radical (unpaired) electrons. The van der Waals surface area contributed by atoms with Gasteiger partial charge in [0.2, 0.25) is 0 Å². The van der Waals surface area contributed by atoms with Gasteiger partial charge < -0.3 is 25.3 Å². The van der Waals surface area contributed by atoms with E-state index < -0.39 is 0 Å². The maximum Gasteiger partial charge on any atom is 0.291 e. The fourth-order valence-electron chi connectivity index (χ4n) is 3.47. The lowest BCUT2D eigenvalue weighted by atomic mass is 10.2. The molecular formula is C23H24ClN5O2. The number of nitrogens with one attached hydrogen (secondary N) is 1. The van der Waals surface area contributed by atoms with E-state index in [2.05, 4.69) is 20.1 Å². The van der Waals surface area contributed by atoms with Crippen LogP contribution in [-0.2, 0) is 6.54 Å². The van der Waals surface area contributed by atoms with Crippen LogP contribution in [0.4, 0.5) is 11.4 Å². The van der Waals surface area contributed by atoms with Gasteiger partial charge in [0.15, 0.2) is 11.7 Å². The second-order valence-corrected chi connectivity index (χ2v) is 7.69. The zero-order chi connectivity index (χ0) is 21.6. The predicted octanol–water partition coefficient (Wildman–Crippen LogP) is 3.82. The Hall–Kier alpha value is -3.45. The molecule has 160 valence electrons. The Morgan fingerprint density at radius 1 is 1.06 bits per heavy atom.